The summed E-state index contributed by atoms with van der Waals surface area (Å²) in [6, 6.07) is 13.5. The summed E-state index contributed by atoms with van der Waals surface area (Å²) in [4.78, 5) is 32.7. The topological polar surface area (TPSA) is 89.0 Å². The molecule has 0 atom stereocenters. The van der Waals surface area contributed by atoms with Crippen molar-refractivity contribution in [3.05, 3.63) is 70.3 Å². The zero-order valence-electron chi connectivity index (χ0n) is 17.1. The summed E-state index contributed by atoms with van der Waals surface area (Å²) in [5, 5.41) is 3.75. The number of rotatable bonds is 7. The summed E-state index contributed by atoms with van der Waals surface area (Å²) in [7, 11) is 0. The van der Waals surface area contributed by atoms with Gasteiger partial charge in [-0.15, -0.1) is 0 Å². The molecule has 0 radical (unpaired) electrons. The fourth-order valence-electron chi connectivity index (χ4n) is 3.35. The molecule has 2 aromatic heterocycles. The SMILES string of the molecule is CCCOc1ccc(CNC(=O)Cn2cnc3c([nH]c4ccc(C)cc43)c2=O)cc1. The van der Waals surface area contributed by atoms with Gasteiger partial charge in [0.15, 0.2) is 0 Å². The minimum atomic E-state index is -0.263. The molecule has 2 heterocycles. The number of hydrogen-bond donors (Lipinski definition) is 2. The van der Waals surface area contributed by atoms with Gasteiger partial charge in [-0.3, -0.25) is 14.2 Å². The summed E-state index contributed by atoms with van der Waals surface area (Å²) in [6.07, 6.45) is 2.38. The van der Waals surface area contributed by atoms with Crippen molar-refractivity contribution in [2.75, 3.05) is 6.61 Å². The number of ether oxygens (including phenoxy) is 1. The van der Waals surface area contributed by atoms with Crippen LogP contribution in [0, 0.1) is 6.92 Å². The van der Waals surface area contributed by atoms with E-state index >= 15 is 0 Å². The van der Waals surface area contributed by atoms with Crippen molar-refractivity contribution < 1.29 is 9.53 Å². The molecule has 0 aliphatic heterocycles. The number of aromatic amines is 1. The quantitative estimate of drug-likeness (QED) is 0.495. The maximum absolute atomic E-state index is 12.8. The van der Waals surface area contributed by atoms with Crippen LogP contribution in [-0.4, -0.2) is 27.0 Å². The Balaban J connectivity index is 1.44. The Labute approximate surface area is 173 Å². The van der Waals surface area contributed by atoms with Crippen LogP contribution in [0.15, 0.2) is 53.6 Å². The van der Waals surface area contributed by atoms with E-state index in [2.05, 4.69) is 22.2 Å². The molecule has 7 nitrogen and oxygen atoms in total. The highest BCUT2D eigenvalue weighted by Crippen LogP contribution is 2.22. The van der Waals surface area contributed by atoms with E-state index in [0.29, 0.717) is 24.2 Å². The summed E-state index contributed by atoms with van der Waals surface area (Å²) in [5.74, 6) is 0.558. The molecule has 4 rings (SSSR count). The summed E-state index contributed by atoms with van der Waals surface area (Å²) in [6.45, 7) is 5.02. The van der Waals surface area contributed by atoms with Gasteiger partial charge in [0.25, 0.3) is 5.56 Å². The van der Waals surface area contributed by atoms with Gasteiger partial charge in [0.2, 0.25) is 5.91 Å². The number of H-pyrrole nitrogens is 1. The molecule has 0 aliphatic rings. The minimum absolute atomic E-state index is 0.0894. The van der Waals surface area contributed by atoms with Crippen LogP contribution < -0.4 is 15.6 Å². The molecule has 0 aliphatic carbocycles. The number of carbonyl (C=O) groups excluding carboxylic acids is 1. The van der Waals surface area contributed by atoms with E-state index in [1.165, 1.54) is 10.9 Å². The van der Waals surface area contributed by atoms with Gasteiger partial charge in [-0.2, -0.15) is 0 Å². The molecule has 1 amide bonds. The van der Waals surface area contributed by atoms with Crippen molar-refractivity contribution in [2.45, 2.75) is 33.4 Å². The van der Waals surface area contributed by atoms with Crippen molar-refractivity contribution in [1.29, 1.82) is 0 Å². The molecule has 30 heavy (non-hydrogen) atoms. The normalized spacial score (nSPS) is 11.1. The highest BCUT2D eigenvalue weighted by molar-refractivity contribution is 6.04. The van der Waals surface area contributed by atoms with Crippen LogP contribution in [0.1, 0.15) is 24.5 Å². The van der Waals surface area contributed by atoms with Crippen LogP contribution in [0.5, 0.6) is 5.75 Å². The van der Waals surface area contributed by atoms with Gasteiger partial charge in [0.05, 0.1) is 12.9 Å². The molecule has 7 heteroatoms. The number of aryl methyl sites for hydroxylation is 1. The predicted octanol–water partition coefficient (Wildman–Crippen LogP) is 3.29. The van der Waals surface area contributed by atoms with Crippen LogP contribution in [0.25, 0.3) is 21.9 Å². The maximum Gasteiger partial charge on any atom is 0.278 e. The second-order valence-corrected chi connectivity index (χ2v) is 7.34. The average Bonchev–Trinajstić information content (AvgIpc) is 3.12. The third-order valence-electron chi connectivity index (χ3n) is 4.93. The Kier molecular flexibility index (Phi) is 5.52. The van der Waals surface area contributed by atoms with Gasteiger partial charge in [0.1, 0.15) is 23.3 Å². The van der Waals surface area contributed by atoms with E-state index in [-0.39, 0.29) is 18.0 Å². The highest BCUT2D eigenvalue weighted by atomic mass is 16.5. The lowest BCUT2D eigenvalue weighted by molar-refractivity contribution is -0.121. The number of fused-ring (bicyclic) bond motifs is 3. The Morgan fingerprint density at radius 3 is 2.77 bits per heavy atom. The maximum atomic E-state index is 12.8. The number of nitrogens with one attached hydrogen (secondary N) is 2. The molecular formula is C23H24N4O3. The number of hydrogen-bond acceptors (Lipinski definition) is 4. The van der Waals surface area contributed by atoms with Crippen LogP contribution >= 0.6 is 0 Å². The van der Waals surface area contributed by atoms with Crippen molar-refractivity contribution in [2.24, 2.45) is 0 Å². The molecule has 0 saturated carbocycles. The van der Waals surface area contributed by atoms with E-state index in [1.54, 1.807) is 0 Å². The Morgan fingerprint density at radius 2 is 2.00 bits per heavy atom. The van der Waals surface area contributed by atoms with Crippen LogP contribution in [0.4, 0.5) is 0 Å². The fourth-order valence-corrected chi connectivity index (χ4v) is 3.35. The van der Waals surface area contributed by atoms with Crippen molar-refractivity contribution in [3.63, 3.8) is 0 Å². The largest absolute Gasteiger partial charge is 0.494 e. The second-order valence-electron chi connectivity index (χ2n) is 7.34. The third-order valence-corrected chi connectivity index (χ3v) is 4.93. The molecular weight excluding hydrogens is 380 g/mol. The number of aromatic nitrogens is 3. The number of carbonyl (C=O) groups is 1. The van der Waals surface area contributed by atoms with E-state index in [4.69, 9.17) is 4.74 Å². The second kappa shape index (κ2) is 8.41. The first-order valence-electron chi connectivity index (χ1n) is 10.0. The third kappa shape index (κ3) is 4.05. The predicted molar refractivity (Wildman–Crippen MR) is 117 cm³/mol. The van der Waals surface area contributed by atoms with Gasteiger partial charge < -0.3 is 15.0 Å². The van der Waals surface area contributed by atoms with E-state index in [9.17, 15) is 9.59 Å². The monoisotopic (exact) mass is 404 g/mol. The van der Waals surface area contributed by atoms with Crippen molar-refractivity contribution in [3.8, 4) is 5.75 Å². The average molecular weight is 404 g/mol. The number of amides is 1. The molecule has 0 fully saturated rings. The number of benzene rings is 2. The molecule has 0 unspecified atom stereocenters. The summed E-state index contributed by atoms with van der Waals surface area (Å²) >= 11 is 0. The van der Waals surface area contributed by atoms with Crippen LogP contribution in [0.3, 0.4) is 0 Å². The lowest BCUT2D eigenvalue weighted by Gasteiger charge is -2.08. The zero-order chi connectivity index (χ0) is 21.1. The molecule has 2 N–H and O–H groups in total. The smallest absolute Gasteiger partial charge is 0.278 e. The zero-order valence-corrected chi connectivity index (χ0v) is 17.1. The molecule has 0 bridgehead atoms. The van der Waals surface area contributed by atoms with Crippen LogP contribution in [-0.2, 0) is 17.9 Å². The fraction of sp³-hybridized carbons (Fsp3) is 0.261. The van der Waals surface area contributed by atoms with Gasteiger partial charge in [-0.25, -0.2) is 4.98 Å². The van der Waals surface area contributed by atoms with E-state index in [1.807, 2.05) is 49.4 Å². The molecule has 4 aromatic rings. The highest BCUT2D eigenvalue weighted by Gasteiger charge is 2.13. The van der Waals surface area contributed by atoms with Gasteiger partial charge in [-0.05, 0) is 43.2 Å². The standard InChI is InChI=1S/C23H24N4O3/c1-3-10-30-17-7-5-16(6-8-17)12-24-20(28)13-27-14-25-21-18-11-15(2)4-9-19(18)26-22(21)23(27)29/h4-9,11,14,26H,3,10,12-13H2,1-2H3,(H,24,28). The van der Waals surface area contributed by atoms with E-state index < -0.39 is 0 Å². The Bertz CT molecular complexity index is 1260. The van der Waals surface area contributed by atoms with Crippen molar-refractivity contribution in [1.82, 2.24) is 19.9 Å². The molecule has 0 spiro atoms. The molecule has 2 aromatic carbocycles. The Morgan fingerprint density at radius 1 is 1.20 bits per heavy atom. The summed E-state index contributed by atoms with van der Waals surface area (Å²) in [5.41, 5.74) is 3.68. The van der Waals surface area contributed by atoms with Gasteiger partial charge in [0, 0.05) is 17.4 Å². The lowest BCUT2D eigenvalue weighted by Crippen LogP contribution is -2.32. The van der Waals surface area contributed by atoms with Crippen LogP contribution in [0.2, 0.25) is 0 Å². The first kappa shape index (κ1) is 19.7. The van der Waals surface area contributed by atoms with Crippen molar-refractivity contribution >= 4 is 27.8 Å². The Hall–Kier alpha value is -3.61. The van der Waals surface area contributed by atoms with Gasteiger partial charge in [-0.1, -0.05) is 30.7 Å². The van der Waals surface area contributed by atoms with Gasteiger partial charge >= 0.3 is 0 Å². The number of nitrogens with zero attached hydrogens (tertiary/aromatic N) is 2. The first-order chi connectivity index (χ1) is 14.5. The molecule has 0 saturated heterocycles. The van der Waals surface area contributed by atoms with E-state index in [0.717, 1.165) is 34.2 Å². The lowest BCUT2D eigenvalue weighted by atomic mass is 10.2. The summed E-state index contributed by atoms with van der Waals surface area (Å²) < 4.78 is 6.88. The molecule has 154 valence electrons. The first-order valence-corrected chi connectivity index (χ1v) is 10.0. The minimum Gasteiger partial charge on any atom is -0.494 e.